The SMILES string of the molecule is CCSc1nc(N2CCOCC2)cc(C)c1C(=O)NCCC(C)C(C)(C)C. The van der Waals surface area contributed by atoms with E-state index in [1.54, 1.807) is 11.8 Å². The van der Waals surface area contributed by atoms with Crippen LogP contribution in [0.15, 0.2) is 11.1 Å². The van der Waals surface area contributed by atoms with Crippen LogP contribution in [0.1, 0.15) is 57.0 Å². The van der Waals surface area contributed by atoms with Crippen molar-refractivity contribution in [1.29, 1.82) is 0 Å². The van der Waals surface area contributed by atoms with Crippen LogP contribution in [-0.4, -0.2) is 49.5 Å². The Morgan fingerprint density at radius 3 is 2.63 bits per heavy atom. The van der Waals surface area contributed by atoms with Crippen LogP contribution in [-0.2, 0) is 4.74 Å². The number of amides is 1. The van der Waals surface area contributed by atoms with Crippen LogP contribution in [0.2, 0.25) is 0 Å². The molecule has 1 aromatic heterocycles. The summed E-state index contributed by atoms with van der Waals surface area (Å²) in [5.41, 5.74) is 1.97. The van der Waals surface area contributed by atoms with Gasteiger partial charge in [-0.1, -0.05) is 34.6 Å². The molecule has 1 saturated heterocycles. The second-order valence-electron chi connectivity index (χ2n) is 8.32. The molecule has 1 fully saturated rings. The van der Waals surface area contributed by atoms with E-state index in [-0.39, 0.29) is 11.3 Å². The maximum absolute atomic E-state index is 12.9. The van der Waals surface area contributed by atoms with E-state index in [1.165, 1.54) is 0 Å². The summed E-state index contributed by atoms with van der Waals surface area (Å²) in [6, 6.07) is 2.04. The lowest BCUT2D eigenvalue weighted by Gasteiger charge is -2.29. The molecule has 0 aliphatic carbocycles. The van der Waals surface area contributed by atoms with Crippen LogP contribution in [0.4, 0.5) is 5.82 Å². The topological polar surface area (TPSA) is 54.5 Å². The van der Waals surface area contributed by atoms with Crippen molar-refractivity contribution in [3.8, 4) is 0 Å². The number of morpholine rings is 1. The number of aryl methyl sites for hydroxylation is 1. The Balaban J connectivity index is 2.13. The van der Waals surface area contributed by atoms with E-state index in [0.29, 0.717) is 12.5 Å². The van der Waals surface area contributed by atoms with Crippen molar-refractivity contribution >= 4 is 23.5 Å². The number of pyridine rings is 1. The van der Waals surface area contributed by atoms with Gasteiger partial charge in [-0.3, -0.25) is 4.79 Å². The molecule has 6 heteroatoms. The third kappa shape index (κ3) is 6.11. The average molecular weight is 394 g/mol. The molecule has 5 nitrogen and oxygen atoms in total. The molecule has 1 atom stereocenters. The standard InChI is InChI=1S/C21H35N3O2S/c1-7-27-20-18(19(25)22-9-8-16(3)21(4,5)6)15(2)14-17(23-20)24-10-12-26-13-11-24/h14,16H,7-13H2,1-6H3,(H,22,25). The van der Waals surface area contributed by atoms with E-state index in [9.17, 15) is 4.79 Å². The summed E-state index contributed by atoms with van der Waals surface area (Å²) >= 11 is 1.64. The van der Waals surface area contributed by atoms with Crippen LogP contribution in [0.5, 0.6) is 0 Å². The first kappa shape index (κ1) is 22.0. The minimum atomic E-state index is -0.00872. The molecule has 1 aliphatic rings. The van der Waals surface area contributed by atoms with Gasteiger partial charge in [-0.2, -0.15) is 0 Å². The summed E-state index contributed by atoms with van der Waals surface area (Å²) in [5.74, 6) is 2.38. The molecule has 152 valence electrons. The molecule has 1 amide bonds. The van der Waals surface area contributed by atoms with E-state index < -0.39 is 0 Å². The smallest absolute Gasteiger partial charge is 0.254 e. The average Bonchev–Trinajstić information content (AvgIpc) is 2.61. The second kappa shape index (κ2) is 9.78. The van der Waals surface area contributed by atoms with Gasteiger partial charge in [0.2, 0.25) is 0 Å². The molecule has 1 unspecified atom stereocenters. The number of rotatable bonds is 7. The molecule has 2 heterocycles. The highest BCUT2D eigenvalue weighted by atomic mass is 32.2. The highest BCUT2D eigenvalue weighted by Crippen LogP contribution is 2.29. The van der Waals surface area contributed by atoms with Crippen LogP contribution >= 0.6 is 11.8 Å². The fourth-order valence-electron chi connectivity index (χ4n) is 3.02. The van der Waals surface area contributed by atoms with E-state index in [1.807, 2.05) is 13.0 Å². The first-order chi connectivity index (χ1) is 12.7. The van der Waals surface area contributed by atoms with Gasteiger partial charge in [0.05, 0.1) is 18.8 Å². The third-order valence-electron chi connectivity index (χ3n) is 5.35. The van der Waals surface area contributed by atoms with Crippen molar-refractivity contribution in [2.45, 2.75) is 53.0 Å². The number of carbonyl (C=O) groups excluding carboxylic acids is 1. The summed E-state index contributed by atoms with van der Waals surface area (Å²) in [6.45, 7) is 16.9. The van der Waals surface area contributed by atoms with E-state index in [2.05, 4.69) is 44.8 Å². The Hall–Kier alpha value is -1.27. The Morgan fingerprint density at radius 1 is 1.37 bits per heavy atom. The molecule has 2 rings (SSSR count). The first-order valence-electron chi connectivity index (χ1n) is 9.99. The molecule has 0 bridgehead atoms. The normalized spacial score (nSPS) is 16.3. The summed E-state index contributed by atoms with van der Waals surface area (Å²) in [6.07, 6.45) is 0.976. The summed E-state index contributed by atoms with van der Waals surface area (Å²) in [5, 5.41) is 3.95. The van der Waals surface area contributed by atoms with Crippen LogP contribution in [0.25, 0.3) is 0 Å². The van der Waals surface area contributed by atoms with Gasteiger partial charge < -0.3 is 15.0 Å². The Bertz CT molecular complexity index is 637. The quantitative estimate of drug-likeness (QED) is 0.706. The van der Waals surface area contributed by atoms with Gasteiger partial charge in [0.25, 0.3) is 5.91 Å². The van der Waals surface area contributed by atoms with Crippen molar-refractivity contribution in [3.05, 3.63) is 17.2 Å². The van der Waals surface area contributed by atoms with Gasteiger partial charge in [-0.05, 0) is 42.1 Å². The number of ether oxygens (including phenoxy) is 1. The molecule has 0 spiro atoms. The fourth-order valence-corrected chi connectivity index (χ4v) is 3.85. The van der Waals surface area contributed by atoms with E-state index >= 15 is 0 Å². The largest absolute Gasteiger partial charge is 0.378 e. The monoisotopic (exact) mass is 393 g/mol. The van der Waals surface area contributed by atoms with Gasteiger partial charge in [-0.15, -0.1) is 11.8 Å². The Labute approximate surface area is 168 Å². The highest BCUT2D eigenvalue weighted by Gasteiger charge is 2.22. The van der Waals surface area contributed by atoms with Crippen LogP contribution in [0, 0.1) is 18.3 Å². The lowest BCUT2D eigenvalue weighted by atomic mass is 9.80. The third-order valence-corrected chi connectivity index (χ3v) is 6.21. The van der Waals surface area contributed by atoms with E-state index in [0.717, 1.165) is 60.4 Å². The molecule has 0 radical (unpaired) electrons. The van der Waals surface area contributed by atoms with Gasteiger partial charge in [0, 0.05) is 19.6 Å². The predicted octanol–water partition coefficient (Wildman–Crippen LogP) is 4.14. The minimum absolute atomic E-state index is 0.00872. The molecule has 0 saturated carbocycles. The van der Waals surface area contributed by atoms with Crippen molar-refractivity contribution in [1.82, 2.24) is 10.3 Å². The number of nitrogens with one attached hydrogen (secondary N) is 1. The van der Waals surface area contributed by atoms with Crippen molar-refractivity contribution < 1.29 is 9.53 Å². The molecule has 0 aromatic carbocycles. The number of hydrogen-bond acceptors (Lipinski definition) is 5. The van der Waals surface area contributed by atoms with Crippen molar-refractivity contribution in [3.63, 3.8) is 0 Å². The zero-order valence-corrected chi connectivity index (χ0v) is 18.5. The minimum Gasteiger partial charge on any atom is -0.378 e. The van der Waals surface area contributed by atoms with Crippen molar-refractivity contribution in [2.75, 3.05) is 43.5 Å². The Morgan fingerprint density at radius 2 is 2.04 bits per heavy atom. The highest BCUT2D eigenvalue weighted by molar-refractivity contribution is 7.99. The number of nitrogens with zero attached hydrogens (tertiary/aromatic N) is 2. The molecular formula is C21H35N3O2S. The summed E-state index contributed by atoms with van der Waals surface area (Å²) < 4.78 is 5.44. The number of hydrogen-bond donors (Lipinski definition) is 1. The van der Waals surface area contributed by atoms with Gasteiger partial charge in [0.15, 0.2) is 0 Å². The summed E-state index contributed by atoms with van der Waals surface area (Å²) in [4.78, 5) is 19.9. The maximum Gasteiger partial charge on any atom is 0.254 e. The predicted molar refractivity (Wildman–Crippen MR) is 114 cm³/mol. The second-order valence-corrected chi connectivity index (χ2v) is 9.57. The van der Waals surface area contributed by atoms with Gasteiger partial charge in [-0.25, -0.2) is 4.98 Å². The lowest BCUT2D eigenvalue weighted by Crippen LogP contribution is -2.37. The van der Waals surface area contributed by atoms with E-state index in [4.69, 9.17) is 9.72 Å². The zero-order chi connectivity index (χ0) is 20.0. The number of aromatic nitrogens is 1. The first-order valence-corrected chi connectivity index (χ1v) is 11.0. The molecular weight excluding hydrogens is 358 g/mol. The van der Waals surface area contributed by atoms with Crippen molar-refractivity contribution in [2.24, 2.45) is 11.3 Å². The zero-order valence-electron chi connectivity index (χ0n) is 17.7. The Kier molecular flexibility index (Phi) is 7.98. The van der Waals surface area contributed by atoms with Gasteiger partial charge >= 0.3 is 0 Å². The lowest BCUT2D eigenvalue weighted by molar-refractivity contribution is 0.0943. The fraction of sp³-hybridized carbons (Fsp3) is 0.714. The maximum atomic E-state index is 12.9. The van der Waals surface area contributed by atoms with Crippen LogP contribution in [0.3, 0.4) is 0 Å². The number of carbonyl (C=O) groups is 1. The summed E-state index contributed by atoms with van der Waals surface area (Å²) in [7, 11) is 0. The number of anilines is 1. The molecule has 27 heavy (non-hydrogen) atoms. The molecule has 1 aromatic rings. The van der Waals surface area contributed by atoms with Crippen LogP contribution < -0.4 is 10.2 Å². The molecule has 1 aliphatic heterocycles. The van der Waals surface area contributed by atoms with Gasteiger partial charge in [0.1, 0.15) is 10.8 Å². The molecule has 1 N–H and O–H groups in total. The number of thioether (sulfide) groups is 1.